The van der Waals surface area contributed by atoms with Gasteiger partial charge in [0.25, 0.3) is 0 Å². The molecule has 0 aliphatic carbocycles. The zero-order valence-electron chi connectivity index (χ0n) is 6.47. The van der Waals surface area contributed by atoms with Gasteiger partial charge in [0, 0.05) is 5.56 Å². The van der Waals surface area contributed by atoms with E-state index in [0.717, 1.165) is 0 Å². The average molecular weight is 277 g/mol. The van der Waals surface area contributed by atoms with E-state index in [2.05, 4.69) is 6.07 Å². The quantitative estimate of drug-likeness (QED) is 0.487. The Balaban J connectivity index is 3.41. The van der Waals surface area contributed by atoms with Gasteiger partial charge in [-0.2, -0.15) is 0 Å². The van der Waals surface area contributed by atoms with Crippen molar-refractivity contribution in [2.45, 2.75) is 11.8 Å². The molecule has 0 spiro atoms. The Labute approximate surface area is 102 Å². The van der Waals surface area contributed by atoms with Crippen molar-refractivity contribution in [1.29, 1.82) is 0 Å². The van der Waals surface area contributed by atoms with Crippen molar-refractivity contribution >= 4 is 58.0 Å². The number of halogens is 5. The van der Waals surface area contributed by atoms with E-state index < -0.39 is 4.84 Å². The Morgan fingerprint density at radius 1 is 1.00 bits per heavy atom. The number of benzene rings is 1. The molecule has 0 aliphatic heterocycles. The summed E-state index contributed by atoms with van der Waals surface area (Å²) in [5.74, 6) is 0. The maximum atomic E-state index is 5.85. The largest absolute Gasteiger partial charge is 0.134 e. The van der Waals surface area contributed by atoms with E-state index in [0.29, 0.717) is 16.1 Å². The molecule has 0 aromatic heterocycles. The number of hydrogen-bond donors (Lipinski definition) is 0. The summed E-state index contributed by atoms with van der Waals surface area (Å²) in [6.45, 7) is 1.75. The first-order chi connectivity index (χ1) is 5.95. The van der Waals surface area contributed by atoms with Gasteiger partial charge in [-0.05, 0) is 18.6 Å². The first-order valence-electron chi connectivity index (χ1n) is 3.29. The third-order valence-electron chi connectivity index (χ3n) is 1.49. The van der Waals surface area contributed by atoms with Crippen molar-refractivity contribution in [3.8, 4) is 0 Å². The molecule has 1 aromatic rings. The van der Waals surface area contributed by atoms with Gasteiger partial charge >= 0.3 is 0 Å². The molecule has 0 fully saturated rings. The molecule has 0 saturated carbocycles. The lowest BCUT2D eigenvalue weighted by Gasteiger charge is -2.09. The summed E-state index contributed by atoms with van der Waals surface area (Å²) in [6.07, 6.45) is 0. The molecule has 13 heavy (non-hydrogen) atoms. The fourth-order valence-electron chi connectivity index (χ4n) is 0.841. The third-order valence-corrected chi connectivity index (χ3v) is 3.36. The van der Waals surface area contributed by atoms with Crippen LogP contribution in [0.25, 0.3) is 0 Å². The molecule has 0 bridgehead atoms. The van der Waals surface area contributed by atoms with E-state index in [-0.39, 0.29) is 10.0 Å². The standard InChI is InChI=1S/C8H4Cl5/c1-3-2-4(8(12)13)6(10)7(11)5(3)9/h8H,1H3. The molecule has 1 aromatic carbocycles. The van der Waals surface area contributed by atoms with E-state index in [1.807, 2.05) is 0 Å². The van der Waals surface area contributed by atoms with Crippen molar-refractivity contribution < 1.29 is 0 Å². The fourth-order valence-corrected chi connectivity index (χ4v) is 1.96. The Hall–Kier alpha value is 0.670. The Morgan fingerprint density at radius 3 is 2.00 bits per heavy atom. The van der Waals surface area contributed by atoms with Crippen LogP contribution in [-0.2, 0) is 0 Å². The predicted octanol–water partition coefficient (Wildman–Crippen LogP) is 5.23. The first kappa shape index (κ1) is 11.7. The van der Waals surface area contributed by atoms with Crippen molar-refractivity contribution in [2.75, 3.05) is 0 Å². The highest BCUT2D eigenvalue weighted by molar-refractivity contribution is 6.50. The highest BCUT2D eigenvalue weighted by atomic mass is 35.5. The molecular weight excluding hydrogens is 273 g/mol. The van der Waals surface area contributed by atoms with Crippen LogP contribution >= 0.6 is 58.0 Å². The van der Waals surface area contributed by atoms with Gasteiger partial charge in [0.05, 0.1) is 15.1 Å². The van der Waals surface area contributed by atoms with Crippen LogP contribution in [0.3, 0.4) is 0 Å². The van der Waals surface area contributed by atoms with Crippen LogP contribution < -0.4 is 0 Å². The van der Waals surface area contributed by atoms with Crippen LogP contribution in [0, 0.1) is 13.0 Å². The summed E-state index contributed by atoms with van der Waals surface area (Å²) in [6, 6.07) is 2.87. The monoisotopic (exact) mass is 275 g/mol. The van der Waals surface area contributed by atoms with Gasteiger partial charge in [0.2, 0.25) is 0 Å². The smallest absolute Gasteiger partial charge is 0.1000 e. The minimum atomic E-state index is -0.749. The van der Waals surface area contributed by atoms with Crippen LogP contribution in [0.15, 0.2) is 0 Å². The second-order valence-electron chi connectivity index (χ2n) is 2.41. The summed E-state index contributed by atoms with van der Waals surface area (Å²) < 4.78 is 0. The van der Waals surface area contributed by atoms with Gasteiger partial charge in [-0.15, -0.1) is 0 Å². The fraction of sp³-hybridized carbons (Fsp3) is 0.250. The molecule has 0 N–H and O–H groups in total. The maximum Gasteiger partial charge on any atom is 0.134 e. The van der Waals surface area contributed by atoms with Crippen molar-refractivity contribution in [1.82, 2.24) is 0 Å². The molecule has 0 nitrogen and oxygen atoms in total. The van der Waals surface area contributed by atoms with Crippen LogP contribution in [0.2, 0.25) is 15.1 Å². The second-order valence-corrected chi connectivity index (χ2v) is 4.64. The maximum absolute atomic E-state index is 5.85. The topological polar surface area (TPSA) is 0 Å². The molecule has 1 radical (unpaired) electrons. The first-order valence-corrected chi connectivity index (χ1v) is 5.30. The van der Waals surface area contributed by atoms with Crippen LogP contribution in [0.1, 0.15) is 16.0 Å². The predicted molar refractivity (Wildman–Crippen MR) is 59.5 cm³/mol. The van der Waals surface area contributed by atoms with Crippen LogP contribution in [0.4, 0.5) is 0 Å². The molecule has 0 aliphatic rings. The van der Waals surface area contributed by atoms with E-state index in [1.54, 1.807) is 6.92 Å². The normalized spacial score (nSPS) is 11.0. The Morgan fingerprint density at radius 2 is 1.54 bits per heavy atom. The SMILES string of the molecule is Cc1[c]c(C(Cl)Cl)c(Cl)c(Cl)c1Cl. The van der Waals surface area contributed by atoms with Crippen LogP contribution in [0.5, 0.6) is 0 Å². The minimum absolute atomic E-state index is 0.257. The number of aryl methyl sites for hydroxylation is 1. The molecule has 5 heteroatoms. The summed E-state index contributed by atoms with van der Waals surface area (Å²) in [5.41, 5.74) is 1.13. The number of hydrogen-bond acceptors (Lipinski definition) is 0. The van der Waals surface area contributed by atoms with Gasteiger partial charge in [0.1, 0.15) is 4.84 Å². The number of rotatable bonds is 1. The van der Waals surface area contributed by atoms with E-state index in [4.69, 9.17) is 58.0 Å². The molecule has 0 amide bonds. The molecule has 1 rings (SSSR count). The highest BCUT2D eigenvalue weighted by Gasteiger charge is 2.16. The highest BCUT2D eigenvalue weighted by Crippen LogP contribution is 2.40. The summed E-state index contributed by atoms with van der Waals surface area (Å²) in [5, 5.41) is 0.901. The van der Waals surface area contributed by atoms with Gasteiger partial charge in [-0.3, -0.25) is 0 Å². The molecule has 0 unspecified atom stereocenters. The van der Waals surface area contributed by atoms with Crippen molar-refractivity contribution in [3.63, 3.8) is 0 Å². The Bertz CT molecular complexity index is 332. The molecular formula is C8H4Cl5. The number of alkyl halides is 2. The average Bonchev–Trinajstić information content (AvgIpc) is 2.07. The van der Waals surface area contributed by atoms with Crippen molar-refractivity contribution in [2.24, 2.45) is 0 Å². The zero-order valence-corrected chi connectivity index (χ0v) is 10.2. The van der Waals surface area contributed by atoms with E-state index >= 15 is 0 Å². The molecule has 71 valence electrons. The van der Waals surface area contributed by atoms with Gasteiger partial charge in [-0.1, -0.05) is 58.0 Å². The molecule has 0 saturated heterocycles. The van der Waals surface area contributed by atoms with Crippen LogP contribution in [-0.4, -0.2) is 0 Å². The second kappa shape index (κ2) is 4.46. The Kier molecular flexibility index (Phi) is 4.03. The lowest BCUT2D eigenvalue weighted by atomic mass is 10.1. The van der Waals surface area contributed by atoms with Gasteiger partial charge in [0.15, 0.2) is 0 Å². The van der Waals surface area contributed by atoms with Crippen molar-refractivity contribution in [3.05, 3.63) is 32.3 Å². The van der Waals surface area contributed by atoms with E-state index in [9.17, 15) is 0 Å². The summed E-state index contributed by atoms with van der Waals surface area (Å²) in [4.78, 5) is -0.749. The minimum Gasteiger partial charge on any atom is -0.1000 e. The third kappa shape index (κ3) is 2.37. The molecule has 0 atom stereocenters. The van der Waals surface area contributed by atoms with Gasteiger partial charge in [-0.25, -0.2) is 0 Å². The van der Waals surface area contributed by atoms with Gasteiger partial charge < -0.3 is 0 Å². The lowest BCUT2D eigenvalue weighted by Crippen LogP contribution is -1.89. The van der Waals surface area contributed by atoms with E-state index in [1.165, 1.54) is 0 Å². The summed E-state index contributed by atoms with van der Waals surface area (Å²) >= 11 is 28.8. The summed E-state index contributed by atoms with van der Waals surface area (Å²) in [7, 11) is 0. The molecule has 0 heterocycles. The zero-order chi connectivity index (χ0) is 10.2. The lowest BCUT2D eigenvalue weighted by molar-refractivity contribution is 1.30.